The number of fused-ring (bicyclic) bond motifs is 3. The third-order valence-electron chi connectivity index (χ3n) is 6.50. The molecule has 2 aromatic heterocycles. The summed E-state index contributed by atoms with van der Waals surface area (Å²) >= 11 is 0.254. The van der Waals surface area contributed by atoms with E-state index in [0.29, 0.717) is 14.5 Å². The van der Waals surface area contributed by atoms with Crippen molar-refractivity contribution in [2.45, 2.75) is 64.7 Å². The predicted octanol–water partition coefficient (Wildman–Crippen LogP) is 8.61. The molecule has 0 spiro atoms. The van der Waals surface area contributed by atoms with Crippen LogP contribution in [0.3, 0.4) is 0 Å². The first-order valence-corrected chi connectivity index (χ1v) is 16.3. The van der Waals surface area contributed by atoms with E-state index in [1.54, 1.807) is 11.2 Å². The van der Waals surface area contributed by atoms with Crippen LogP contribution in [0, 0.1) is 0 Å². The van der Waals surface area contributed by atoms with Gasteiger partial charge in [0.1, 0.15) is 0 Å². The average molecular weight is 599 g/mol. The van der Waals surface area contributed by atoms with Crippen molar-refractivity contribution in [3.63, 3.8) is 0 Å². The molecule has 0 aliphatic carbocycles. The third kappa shape index (κ3) is 5.26. The molecule has 0 radical (unpaired) electrons. The minimum atomic E-state index is -0.158. The van der Waals surface area contributed by atoms with Gasteiger partial charge in [0.25, 0.3) is 0 Å². The van der Waals surface area contributed by atoms with Crippen molar-refractivity contribution < 1.29 is 0 Å². The maximum atomic E-state index is 2.55. The normalized spacial score (nSPS) is 11.8. The number of hydrogen-bond acceptors (Lipinski definition) is 0. The number of rotatable bonds is 10. The van der Waals surface area contributed by atoms with Crippen LogP contribution in [0.2, 0.25) is 0 Å². The fourth-order valence-electron chi connectivity index (χ4n) is 4.68. The van der Waals surface area contributed by atoms with Crippen LogP contribution in [0.1, 0.15) is 61.9 Å². The Bertz CT molecular complexity index is 1240. The third-order valence-corrected chi connectivity index (χ3v) is 12.2. The van der Waals surface area contributed by atoms with Crippen molar-refractivity contribution in [3.8, 4) is 10.0 Å². The fraction of sp³-hybridized carbons (Fsp3) is 0.333. The summed E-state index contributed by atoms with van der Waals surface area (Å²) in [5.41, 5.74) is 1.38. The molecule has 0 aliphatic heterocycles. The number of aryl methyl sites for hydroxylation is 1. The van der Waals surface area contributed by atoms with E-state index < -0.39 is 0 Å². The molecule has 0 bridgehead atoms. The van der Waals surface area contributed by atoms with E-state index in [1.807, 2.05) is 0 Å². The van der Waals surface area contributed by atoms with Crippen molar-refractivity contribution in [2.24, 2.45) is 0 Å². The molecule has 0 saturated carbocycles. The van der Waals surface area contributed by atoms with Gasteiger partial charge >= 0.3 is 209 Å². The second kappa shape index (κ2) is 10.8. The van der Waals surface area contributed by atoms with E-state index in [-0.39, 0.29) is 20.4 Å². The van der Waals surface area contributed by atoms with Gasteiger partial charge in [-0.3, -0.25) is 0 Å². The monoisotopic (exact) mass is 602 g/mol. The summed E-state index contributed by atoms with van der Waals surface area (Å²) in [6.07, 6.45) is 12.7. The zero-order valence-corrected chi connectivity index (χ0v) is 23.1. The van der Waals surface area contributed by atoms with Gasteiger partial charge in [-0.05, 0) is 0 Å². The first kappa shape index (κ1) is 22.5. The van der Waals surface area contributed by atoms with Crippen LogP contribution in [-0.4, -0.2) is 34.9 Å². The molecule has 164 valence electrons. The number of hydrogen-bond donors (Lipinski definition) is 0. The van der Waals surface area contributed by atoms with Gasteiger partial charge in [0, 0.05) is 0 Å². The van der Waals surface area contributed by atoms with Gasteiger partial charge in [-0.15, -0.1) is 0 Å². The molecule has 5 aromatic rings. The molecule has 0 aliphatic rings. The van der Waals surface area contributed by atoms with Gasteiger partial charge in [-0.25, -0.2) is 0 Å². The zero-order valence-electron chi connectivity index (χ0n) is 19.0. The molecule has 3 aromatic carbocycles. The van der Waals surface area contributed by atoms with E-state index in [4.69, 9.17) is 0 Å². The summed E-state index contributed by atoms with van der Waals surface area (Å²) < 4.78 is 6.49. The number of unbranched alkanes of at least 4 members (excludes halogenated alkanes) is 7. The molecule has 0 amide bonds. The predicted molar refractivity (Wildman–Crippen MR) is 145 cm³/mol. The van der Waals surface area contributed by atoms with Crippen molar-refractivity contribution in [1.82, 2.24) is 0 Å². The van der Waals surface area contributed by atoms with Crippen LogP contribution in [0.4, 0.5) is 0 Å². The average Bonchev–Trinajstić information content (AvgIpc) is 3.41. The Balaban J connectivity index is 1.29. The van der Waals surface area contributed by atoms with Crippen molar-refractivity contribution >= 4 is 64.1 Å². The SMILES string of the molecule is CCCCCCCCCCc1cc2cc3cc4[se]c(-c5ccccc5)cc4cc3cc2[te]1. The van der Waals surface area contributed by atoms with E-state index in [1.165, 1.54) is 89.3 Å². The van der Waals surface area contributed by atoms with Gasteiger partial charge in [-0.2, -0.15) is 0 Å². The molecule has 2 heteroatoms. The summed E-state index contributed by atoms with van der Waals surface area (Å²) in [7, 11) is 0. The molecule has 2 heterocycles. The van der Waals surface area contributed by atoms with Crippen molar-refractivity contribution in [3.05, 3.63) is 70.3 Å². The van der Waals surface area contributed by atoms with E-state index >= 15 is 0 Å². The maximum absolute atomic E-state index is 2.55. The molecular weight excluding hydrogens is 567 g/mol. The van der Waals surface area contributed by atoms with E-state index in [9.17, 15) is 0 Å². The van der Waals surface area contributed by atoms with E-state index in [2.05, 4.69) is 73.7 Å². The Hall–Kier alpha value is -1.29. The molecule has 0 atom stereocenters. The Kier molecular flexibility index (Phi) is 7.56. The van der Waals surface area contributed by atoms with E-state index in [0.717, 1.165) is 0 Å². The quantitative estimate of drug-likeness (QED) is 0.112. The van der Waals surface area contributed by atoms with Crippen LogP contribution in [0.25, 0.3) is 39.2 Å². The fourth-order valence-corrected chi connectivity index (χ4v) is 10.2. The first-order chi connectivity index (χ1) is 15.8. The zero-order chi connectivity index (χ0) is 21.8. The van der Waals surface area contributed by atoms with Gasteiger partial charge in [0.2, 0.25) is 0 Å². The molecule has 0 saturated heterocycles. The Morgan fingerprint density at radius 1 is 0.656 bits per heavy atom. The van der Waals surface area contributed by atoms with Gasteiger partial charge in [-0.1, -0.05) is 0 Å². The Morgan fingerprint density at radius 3 is 2.19 bits per heavy atom. The Labute approximate surface area is 208 Å². The topological polar surface area (TPSA) is 0 Å². The van der Waals surface area contributed by atoms with Crippen LogP contribution in [0.5, 0.6) is 0 Å². The summed E-state index contributed by atoms with van der Waals surface area (Å²) in [5, 5.41) is 5.85. The summed E-state index contributed by atoms with van der Waals surface area (Å²) in [6, 6.07) is 25.8. The van der Waals surface area contributed by atoms with Crippen LogP contribution in [0.15, 0.2) is 66.7 Å². The van der Waals surface area contributed by atoms with Crippen LogP contribution < -0.4 is 0 Å². The molecule has 0 N–H and O–H groups in total. The van der Waals surface area contributed by atoms with Gasteiger partial charge in [0.15, 0.2) is 0 Å². The molecule has 32 heavy (non-hydrogen) atoms. The molecular formula is C30H32SeTe. The van der Waals surface area contributed by atoms with Gasteiger partial charge < -0.3 is 0 Å². The second-order valence-corrected chi connectivity index (χ2v) is 14.6. The van der Waals surface area contributed by atoms with Crippen LogP contribution >= 0.6 is 0 Å². The standard InChI is InChI=1S/C30H32SeTe/c1-2-3-4-5-6-7-8-12-15-27-18-26-17-23-19-29-25(16-24(23)21-30(26)32-27)20-28(31-29)22-13-10-9-11-14-22/h9-11,13-14,16-21H,2-8,12,15H2,1H3. The minimum absolute atomic E-state index is 0.158. The molecule has 0 nitrogen and oxygen atoms in total. The van der Waals surface area contributed by atoms with Crippen LogP contribution in [-0.2, 0) is 6.42 Å². The Morgan fingerprint density at radius 2 is 1.38 bits per heavy atom. The number of benzene rings is 3. The summed E-state index contributed by atoms with van der Waals surface area (Å²) in [4.78, 5) is 0. The molecule has 0 fully saturated rings. The van der Waals surface area contributed by atoms with Crippen molar-refractivity contribution in [1.29, 1.82) is 0 Å². The summed E-state index contributed by atoms with van der Waals surface area (Å²) in [6.45, 7) is 2.30. The second-order valence-electron chi connectivity index (χ2n) is 9.04. The molecule has 5 rings (SSSR count). The van der Waals surface area contributed by atoms with Crippen molar-refractivity contribution in [2.75, 3.05) is 0 Å². The first-order valence-electron chi connectivity index (χ1n) is 12.3. The summed E-state index contributed by atoms with van der Waals surface area (Å²) in [5.74, 6) is 0. The van der Waals surface area contributed by atoms with Gasteiger partial charge in [0.05, 0.1) is 0 Å². The molecule has 0 unspecified atom stereocenters.